The maximum absolute atomic E-state index is 13.8. The Balaban J connectivity index is 2.03. The second-order valence-electron chi connectivity index (χ2n) is 6.66. The highest BCUT2D eigenvalue weighted by Gasteiger charge is 2.36. The van der Waals surface area contributed by atoms with Gasteiger partial charge in [0.1, 0.15) is 5.65 Å². The number of fused-ring (bicyclic) bond motifs is 1. The lowest BCUT2D eigenvalue weighted by Gasteiger charge is -2.17. The van der Waals surface area contributed by atoms with Crippen molar-refractivity contribution < 1.29 is 17.9 Å². The third-order valence-electron chi connectivity index (χ3n) is 4.66. The number of rotatable bonds is 3. The Bertz CT molecular complexity index is 1160. The van der Waals surface area contributed by atoms with E-state index in [1.807, 2.05) is 0 Å². The molecule has 0 spiro atoms. The fourth-order valence-corrected chi connectivity index (χ4v) is 3.61. The number of nitrogens with one attached hydrogen (secondary N) is 1. The van der Waals surface area contributed by atoms with Gasteiger partial charge < -0.3 is 4.74 Å². The molecule has 0 saturated carbocycles. The van der Waals surface area contributed by atoms with Gasteiger partial charge in [0.15, 0.2) is 4.77 Å². The summed E-state index contributed by atoms with van der Waals surface area (Å²) in [4.78, 5) is 19.1. The minimum absolute atomic E-state index is 0.0111. The Labute approximate surface area is 161 Å². The second kappa shape index (κ2) is 6.82. The van der Waals surface area contributed by atoms with Gasteiger partial charge in [-0.15, -0.1) is 0 Å². The normalized spacial score (nSPS) is 17.5. The highest BCUT2D eigenvalue weighted by molar-refractivity contribution is 7.71. The van der Waals surface area contributed by atoms with Gasteiger partial charge in [-0.2, -0.15) is 18.3 Å². The Kier molecular flexibility index (Phi) is 4.58. The molecular weight excluding hydrogens is 395 g/mol. The number of aromatic nitrogens is 5. The number of ether oxygens (including phenoxy) is 1. The second-order valence-corrected chi connectivity index (χ2v) is 7.05. The summed E-state index contributed by atoms with van der Waals surface area (Å²) in [7, 11) is 1.65. The molecule has 0 amide bonds. The van der Waals surface area contributed by atoms with E-state index < -0.39 is 22.7 Å². The first kappa shape index (κ1) is 18.8. The summed E-state index contributed by atoms with van der Waals surface area (Å²) in [6.07, 6.45) is -0.339. The van der Waals surface area contributed by atoms with Gasteiger partial charge in [-0.05, 0) is 31.1 Å². The molecule has 148 valence electrons. The summed E-state index contributed by atoms with van der Waals surface area (Å²) >= 11 is 5.22. The van der Waals surface area contributed by atoms with E-state index in [1.165, 1.54) is 15.4 Å². The van der Waals surface area contributed by atoms with Crippen LogP contribution in [0.2, 0.25) is 0 Å². The van der Waals surface area contributed by atoms with Crippen molar-refractivity contribution in [2.24, 2.45) is 7.05 Å². The maximum Gasteiger partial charge on any atom is 0.417 e. The van der Waals surface area contributed by atoms with Crippen LogP contribution in [0.25, 0.3) is 22.3 Å². The Hall–Kier alpha value is -2.53. The van der Waals surface area contributed by atoms with Gasteiger partial charge in [0.2, 0.25) is 0 Å². The van der Waals surface area contributed by atoms with Crippen LogP contribution in [0.15, 0.2) is 23.3 Å². The molecule has 4 heterocycles. The van der Waals surface area contributed by atoms with E-state index >= 15 is 0 Å². The van der Waals surface area contributed by atoms with Crippen LogP contribution in [-0.2, 0) is 24.5 Å². The summed E-state index contributed by atoms with van der Waals surface area (Å²) in [5.74, 6) is 0. The van der Waals surface area contributed by atoms with Crippen molar-refractivity contribution in [2.45, 2.75) is 31.7 Å². The summed E-state index contributed by atoms with van der Waals surface area (Å²) in [6.45, 7) is 0.800. The first-order valence-electron chi connectivity index (χ1n) is 8.60. The van der Waals surface area contributed by atoms with E-state index in [2.05, 4.69) is 15.1 Å². The number of halogens is 3. The Morgan fingerprint density at radius 3 is 2.82 bits per heavy atom. The number of aromatic amines is 1. The number of hydrogen-bond acceptors (Lipinski definition) is 5. The van der Waals surface area contributed by atoms with E-state index in [1.54, 1.807) is 13.2 Å². The van der Waals surface area contributed by atoms with E-state index in [9.17, 15) is 18.0 Å². The molecular formula is C17H16F3N5O2S. The van der Waals surface area contributed by atoms with E-state index in [4.69, 9.17) is 17.0 Å². The molecule has 0 radical (unpaired) electrons. The SMILES string of the molecule is Cn1cc(-c2cc(C(F)(F)F)c3c(=O)[nH]c(=S)n(C[C@H]4CCCO4)c3n2)cn1. The third kappa shape index (κ3) is 3.35. The van der Waals surface area contributed by atoms with Gasteiger partial charge >= 0.3 is 6.18 Å². The molecule has 1 atom stereocenters. The molecule has 0 bridgehead atoms. The highest BCUT2D eigenvalue weighted by Crippen LogP contribution is 2.35. The number of H-pyrrole nitrogens is 1. The molecule has 1 fully saturated rings. The highest BCUT2D eigenvalue weighted by atomic mass is 32.1. The topological polar surface area (TPSA) is 77.7 Å². The fourth-order valence-electron chi connectivity index (χ4n) is 3.36. The van der Waals surface area contributed by atoms with Crippen molar-refractivity contribution in [2.75, 3.05) is 6.61 Å². The van der Waals surface area contributed by atoms with Crippen molar-refractivity contribution >= 4 is 23.3 Å². The van der Waals surface area contributed by atoms with Crippen LogP contribution in [0, 0.1) is 4.77 Å². The monoisotopic (exact) mass is 411 g/mol. The lowest BCUT2D eigenvalue weighted by molar-refractivity contribution is -0.136. The van der Waals surface area contributed by atoms with Crippen LogP contribution >= 0.6 is 12.2 Å². The van der Waals surface area contributed by atoms with E-state index in [0.717, 1.165) is 18.9 Å². The molecule has 0 unspecified atom stereocenters. The summed E-state index contributed by atoms with van der Waals surface area (Å²) < 4.78 is 49.8. The van der Waals surface area contributed by atoms with Gasteiger partial charge in [-0.1, -0.05) is 0 Å². The molecule has 1 N–H and O–H groups in total. The van der Waals surface area contributed by atoms with Crippen LogP contribution in [0.5, 0.6) is 0 Å². The van der Waals surface area contributed by atoms with Crippen molar-refractivity contribution in [3.05, 3.63) is 39.1 Å². The number of hydrogen-bond donors (Lipinski definition) is 1. The molecule has 0 aliphatic carbocycles. The maximum atomic E-state index is 13.8. The van der Waals surface area contributed by atoms with E-state index in [0.29, 0.717) is 12.2 Å². The number of pyridine rings is 1. The summed E-state index contributed by atoms with van der Waals surface area (Å²) in [5, 5.41) is 3.45. The average molecular weight is 411 g/mol. The van der Waals surface area contributed by atoms with Crippen LogP contribution < -0.4 is 5.56 Å². The van der Waals surface area contributed by atoms with Gasteiger partial charge in [0.25, 0.3) is 5.56 Å². The molecule has 3 aromatic rings. The predicted octanol–water partition coefficient (Wildman–Crippen LogP) is 3.05. The van der Waals surface area contributed by atoms with Crippen LogP contribution in [-0.4, -0.2) is 37.0 Å². The summed E-state index contributed by atoms with van der Waals surface area (Å²) in [6, 6.07) is 0.869. The predicted molar refractivity (Wildman–Crippen MR) is 97.4 cm³/mol. The van der Waals surface area contributed by atoms with Crippen molar-refractivity contribution in [3.63, 3.8) is 0 Å². The van der Waals surface area contributed by atoms with Crippen LogP contribution in [0.4, 0.5) is 13.2 Å². The molecule has 0 aromatic carbocycles. The third-order valence-corrected chi connectivity index (χ3v) is 4.99. The zero-order valence-electron chi connectivity index (χ0n) is 14.8. The Morgan fingerprint density at radius 1 is 1.43 bits per heavy atom. The van der Waals surface area contributed by atoms with Crippen LogP contribution in [0.3, 0.4) is 0 Å². The minimum Gasteiger partial charge on any atom is -0.376 e. The molecule has 11 heteroatoms. The summed E-state index contributed by atoms with van der Waals surface area (Å²) in [5.41, 5.74) is -1.62. The molecule has 3 aromatic heterocycles. The smallest absolute Gasteiger partial charge is 0.376 e. The fraction of sp³-hybridized carbons (Fsp3) is 0.412. The van der Waals surface area contributed by atoms with Gasteiger partial charge in [0, 0.05) is 25.4 Å². The van der Waals surface area contributed by atoms with Crippen molar-refractivity contribution in [1.82, 2.24) is 24.3 Å². The lowest BCUT2D eigenvalue weighted by atomic mass is 10.1. The quantitative estimate of drug-likeness (QED) is 0.671. The number of alkyl halides is 3. The standard InChI is InChI=1S/C17H16F3N5O2S/c1-24-7-9(6-21-24)12-5-11(17(18,19)20)13-14(22-12)25(16(28)23-15(13)26)8-10-3-2-4-27-10/h5-7,10H,2-4,8H2,1H3,(H,23,26,28)/t10-/m1/s1. The molecule has 1 aliphatic rings. The van der Waals surface area contributed by atoms with Gasteiger partial charge in [0.05, 0.1) is 35.5 Å². The minimum atomic E-state index is -4.74. The molecule has 1 aliphatic heterocycles. The zero-order valence-corrected chi connectivity index (χ0v) is 15.6. The first-order chi connectivity index (χ1) is 13.2. The van der Waals surface area contributed by atoms with Gasteiger partial charge in [-0.25, -0.2) is 4.98 Å². The largest absolute Gasteiger partial charge is 0.417 e. The van der Waals surface area contributed by atoms with Gasteiger partial charge in [-0.3, -0.25) is 19.0 Å². The number of aryl methyl sites for hydroxylation is 1. The molecule has 1 saturated heterocycles. The Morgan fingerprint density at radius 2 is 2.21 bits per heavy atom. The first-order valence-corrected chi connectivity index (χ1v) is 9.00. The van der Waals surface area contributed by atoms with Crippen LogP contribution in [0.1, 0.15) is 18.4 Å². The number of nitrogens with zero attached hydrogens (tertiary/aromatic N) is 4. The molecule has 28 heavy (non-hydrogen) atoms. The zero-order chi connectivity index (χ0) is 20.1. The average Bonchev–Trinajstić information content (AvgIpc) is 3.28. The molecule has 7 nitrogen and oxygen atoms in total. The van der Waals surface area contributed by atoms with Crippen molar-refractivity contribution in [1.29, 1.82) is 0 Å². The van der Waals surface area contributed by atoms with E-state index in [-0.39, 0.29) is 28.8 Å². The van der Waals surface area contributed by atoms with Crippen molar-refractivity contribution in [3.8, 4) is 11.3 Å². The molecule has 4 rings (SSSR count). The lowest BCUT2D eigenvalue weighted by Crippen LogP contribution is -2.24.